The maximum Gasteiger partial charge on any atom is 0.244 e. The number of carbonyl (C=O) groups excluding carboxylic acids is 1. The molecule has 1 aliphatic heterocycles. The molecule has 2 heterocycles. The van der Waals surface area contributed by atoms with Crippen molar-refractivity contribution < 1.29 is 9.53 Å². The second kappa shape index (κ2) is 5.81. The summed E-state index contributed by atoms with van der Waals surface area (Å²) in [6.45, 7) is 3.39. The van der Waals surface area contributed by atoms with E-state index in [1.54, 1.807) is 13.2 Å². The monoisotopic (exact) mass is 266 g/mol. The lowest BCUT2D eigenvalue weighted by Gasteiger charge is -2.35. The van der Waals surface area contributed by atoms with Gasteiger partial charge < -0.3 is 15.0 Å². The fraction of sp³-hybridized carbons (Fsp3) is 0.545. The summed E-state index contributed by atoms with van der Waals surface area (Å²) in [4.78, 5) is 22.2. The van der Waals surface area contributed by atoms with Crippen LogP contribution < -0.4 is 21.5 Å². The minimum atomic E-state index is -0.391. The van der Waals surface area contributed by atoms with Gasteiger partial charge in [-0.1, -0.05) is 0 Å². The number of anilines is 2. The summed E-state index contributed by atoms with van der Waals surface area (Å²) in [7, 11) is 1.61. The van der Waals surface area contributed by atoms with Gasteiger partial charge in [-0.15, -0.1) is 0 Å². The molecule has 0 spiro atoms. The zero-order valence-corrected chi connectivity index (χ0v) is 11.0. The standard InChI is InChI=1S/C11H18N6O2/c1-7-5-14-11(16-12)15-9(7)17-3-4-19-6-8(17)10(18)13-2/h5,8H,3-4,6,12H2,1-2H3,(H,13,18)(H,14,15,16). The van der Waals surface area contributed by atoms with Gasteiger partial charge in [0.15, 0.2) is 0 Å². The number of hydrazine groups is 1. The third-order valence-corrected chi connectivity index (χ3v) is 3.02. The highest BCUT2D eigenvalue weighted by molar-refractivity contribution is 5.85. The van der Waals surface area contributed by atoms with Crippen LogP contribution in [0.25, 0.3) is 0 Å². The highest BCUT2D eigenvalue weighted by atomic mass is 16.5. The number of likely N-dealkylation sites (N-methyl/N-ethyl adjacent to an activating group) is 1. The van der Waals surface area contributed by atoms with Crippen molar-refractivity contribution in [2.75, 3.05) is 37.1 Å². The van der Waals surface area contributed by atoms with Gasteiger partial charge in [0.2, 0.25) is 11.9 Å². The number of carbonyl (C=O) groups is 1. The molecule has 1 atom stereocenters. The van der Waals surface area contributed by atoms with Gasteiger partial charge in [0.1, 0.15) is 11.9 Å². The third-order valence-electron chi connectivity index (χ3n) is 3.02. The predicted molar refractivity (Wildman–Crippen MR) is 70.6 cm³/mol. The zero-order valence-electron chi connectivity index (χ0n) is 11.0. The smallest absolute Gasteiger partial charge is 0.244 e. The molecule has 8 heteroatoms. The van der Waals surface area contributed by atoms with E-state index in [9.17, 15) is 4.79 Å². The number of rotatable bonds is 3. The van der Waals surface area contributed by atoms with E-state index in [1.807, 2.05) is 11.8 Å². The van der Waals surface area contributed by atoms with Crippen molar-refractivity contribution >= 4 is 17.7 Å². The number of aryl methyl sites for hydroxylation is 1. The number of nitrogen functional groups attached to an aromatic ring is 1. The Hall–Kier alpha value is -1.93. The Balaban J connectivity index is 2.34. The summed E-state index contributed by atoms with van der Waals surface area (Å²) in [5, 5.41) is 2.64. The van der Waals surface area contributed by atoms with Crippen LogP contribution >= 0.6 is 0 Å². The third kappa shape index (κ3) is 2.74. The number of ether oxygens (including phenoxy) is 1. The molecule has 1 aliphatic rings. The van der Waals surface area contributed by atoms with Crippen LogP contribution in [0.5, 0.6) is 0 Å². The van der Waals surface area contributed by atoms with Crippen LogP contribution in [-0.4, -0.2) is 48.7 Å². The molecule has 0 radical (unpaired) electrons. The lowest BCUT2D eigenvalue weighted by Crippen LogP contribution is -2.54. The minimum absolute atomic E-state index is 0.0973. The summed E-state index contributed by atoms with van der Waals surface area (Å²) < 4.78 is 5.37. The van der Waals surface area contributed by atoms with E-state index in [4.69, 9.17) is 10.6 Å². The van der Waals surface area contributed by atoms with Crippen LogP contribution in [-0.2, 0) is 9.53 Å². The van der Waals surface area contributed by atoms with Crippen LogP contribution in [0, 0.1) is 6.92 Å². The Bertz CT molecular complexity index is 466. The minimum Gasteiger partial charge on any atom is -0.377 e. The van der Waals surface area contributed by atoms with E-state index < -0.39 is 6.04 Å². The van der Waals surface area contributed by atoms with Crippen LogP contribution in [0.2, 0.25) is 0 Å². The van der Waals surface area contributed by atoms with E-state index >= 15 is 0 Å². The molecule has 104 valence electrons. The average Bonchev–Trinajstić information content (AvgIpc) is 2.47. The molecule has 0 aromatic carbocycles. The van der Waals surface area contributed by atoms with Gasteiger partial charge in [-0.2, -0.15) is 4.98 Å². The van der Waals surface area contributed by atoms with Crippen molar-refractivity contribution in [2.24, 2.45) is 5.84 Å². The first-order chi connectivity index (χ1) is 9.17. The van der Waals surface area contributed by atoms with E-state index in [-0.39, 0.29) is 5.91 Å². The van der Waals surface area contributed by atoms with Crippen molar-refractivity contribution in [3.8, 4) is 0 Å². The fourth-order valence-electron chi connectivity index (χ4n) is 2.03. The van der Waals surface area contributed by atoms with Gasteiger partial charge in [0.25, 0.3) is 0 Å². The maximum atomic E-state index is 11.9. The summed E-state index contributed by atoms with van der Waals surface area (Å²) in [5.41, 5.74) is 3.30. The van der Waals surface area contributed by atoms with E-state index in [2.05, 4.69) is 20.7 Å². The molecule has 1 unspecified atom stereocenters. The first kappa shape index (κ1) is 13.5. The summed E-state index contributed by atoms with van der Waals surface area (Å²) in [5.74, 6) is 6.24. The summed E-state index contributed by atoms with van der Waals surface area (Å²) >= 11 is 0. The Morgan fingerprint density at radius 2 is 2.42 bits per heavy atom. The first-order valence-electron chi connectivity index (χ1n) is 6.03. The van der Waals surface area contributed by atoms with Crippen molar-refractivity contribution in [3.63, 3.8) is 0 Å². The number of hydrogen-bond acceptors (Lipinski definition) is 7. The molecule has 0 bridgehead atoms. The Morgan fingerprint density at radius 1 is 1.63 bits per heavy atom. The number of nitrogens with two attached hydrogens (primary N) is 1. The van der Waals surface area contributed by atoms with Crippen LogP contribution in [0.1, 0.15) is 5.56 Å². The van der Waals surface area contributed by atoms with Crippen molar-refractivity contribution in [2.45, 2.75) is 13.0 Å². The van der Waals surface area contributed by atoms with E-state index in [0.717, 1.165) is 5.56 Å². The second-order valence-corrected chi connectivity index (χ2v) is 4.24. The lowest BCUT2D eigenvalue weighted by molar-refractivity contribution is -0.124. The quantitative estimate of drug-likeness (QED) is 0.477. The van der Waals surface area contributed by atoms with Gasteiger partial charge in [-0.05, 0) is 6.92 Å². The number of nitrogens with zero attached hydrogens (tertiary/aromatic N) is 3. The molecule has 1 amide bonds. The number of nitrogens with one attached hydrogen (secondary N) is 2. The lowest BCUT2D eigenvalue weighted by atomic mass is 10.2. The molecule has 2 rings (SSSR count). The molecule has 1 fully saturated rings. The molecule has 1 aromatic heterocycles. The van der Waals surface area contributed by atoms with Gasteiger partial charge in [0, 0.05) is 25.4 Å². The van der Waals surface area contributed by atoms with Gasteiger partial charge in [-0.25, -0.2) is 10.8 Å². The topological polar surface area (TPSA) is 105 Å². The van der Waals surface area contributed by atoms with Crippen LogP contribution in [0.3, 0.4) is 0 Å². The Labute approximate surface area is 111 Å². The van der Waals surface area contributed by atoms with Crippen molar-refractivity contribution in [1.82, 2.24) is 15.3 Å². The number of amides is 1. The molecule has 19 heavy (non-hydrogen) atoms. The SMILES string of the molecule is CNC(=O)C1COCCN1c1nc(NN)ncc1C. The molecule has 1 aromatic rings. The highest BCUT2D eigenvalue weighted by Crippen LogP contribution is 2.22. The van der Waals surface area contributed by atoms with E-state index in [0.29, 0.717) is 31.5 Å². The Kier molecular flexibility index (Phi) is 4.13. The molecular weight excluding hydrogens is 248 g/mol. The molecule has 1 saturated heterocycles. The normalized spacial score (nSPS) is 19.1. The molecular formula is C11H18N6O2. The zero-order chi connectivity index (χ0) is 13.8. The summed E-state index contributed by atoms with van der Waals surface area (Å²) in [6.07, 6.45) is 1.67. The molecule has 8 nitrogen and oxygen atoms in total. The first-order valence-corrected chi connectivity index (χ1v) is 6.03. The maximum absolute atomic E-state index is 11.9. The second-order valence-electron chi connectivity index (χ2n) is 4.24. The molecule has 4 N–H and O–H groups in total. The number of morpholine rings is 1. The van der Waals surface area contributed by atoms with Gasteiger partial charge in [0.05, 0.1) is 13.2 Å². The van der Waals surface area contributed by atoms with Gasteiger partial charge >= 0.3 is 0 Å². The summed E-state index contributed by atoms with van der Waals surface area (Å²) in [6, 6.07) is -0.391. The highest BCUT2D eigenvalue weighted by Gasteiger charge is 2.30. The van der Waals surface area contributed by atoms with Crippen molar-refractivity contribution in [1.29, 1.82) is 0 Å². The van der Waals surface area contributed by atoms with Crippen LogP contribution in [0.4, 0.5) is 11.8 Å². The largest absolute Gasteiger partial charge is 0.377 e. The number of aromatic nitrogens is 2. The van der Waals surface area contributed by atoms with Crippen molar-refractivity contribution in [3.05, 3.63) is 11.8 Å². The van der Waals surface area contributed by atoms with E-state index in [1.165, 1.54) is 0 Å². The van der Waals surface area contributed by atoms with Gasteiger partial charge in [-0.3, -0.25) is 10.2 Å². The average molecular weight is 266 g/mol. The predicted octanol–water partition coefficient (Wildman–Crippen LogP) is -0.978. The van der Waals surface area contributed by atoms with Crippen LogP contribution in [0.15, 0.2) is 6.20 Å². The fourth-order valence-corrected chi connectivity index (χ4v) is 2.03. The molecule has 0 aliphatic carbocycles. The molecule has 0 saturated carbocycles. The Morgan fingerprint density at radius 3 is 3.11 bits per heavy atom. The number of hydrogen-bond donors (Lipinski definition) is 3.